The fourth-order valence-electron chi connectivity index (χ4n) is 3.01. The molecular formula is C20H31N4O2P. The van der Waals surface area contributed by atoms with E-state index in [1.54, 1.807) is 0 Å². The molecular weight excluding hydrogens is 359 g/mol. The first-order valence-corrected chi connectivity index (χ1v) is 10.5. The Bertz CT molecular complexity index is 763. The molecule has 0 aliphatic heterocycles. The molecule has 0 aliphatic carbocycles. The lowest BCUT2D eigenvalue weighted by Gasteiger charge is -2.39. The maximum atomic E-state index is 6.01. The summed E-state index contributed by atoms with van der Waals surface area (Å²) in [5, 5.41) is 0. The molecule has 0 saturated carbocycles. The Morgan fingerprint density at radius 1 is 0.815 bits per heavy atom. The van der Waals surface area contributed by atoms with E-state index in [1.165, 1.54) is 0 Å². The molecule has 148 valence electrons. The molecule has 0 unspecified atom stereocenters. The molecule has 0 spiro atoms. The van der Waals surface area contributed by atoms with Gasteiger partial charge in [-0.2, -0.15) is 0 Å². The largest absolute Gasteiger partial charge is 0.457 e. The molecule has 2 aromatic rings. The monoisotopic (exact) mass is 390 g/mol. The molecule has 0 atom stereocenters. The van der Waals surface area contributed by atoms with Crippen LogP contribution in [0.1, 0.15) is 11.1 Å². The van der Waals surface area contributed by atoms with Gasteiger partial charge in [0, 0.05) is 0 Å². The predicted molar refractivity (Wildman–Crippen MR) is 113 cm³/mol. The van der Waals surface area contributed by atoms with E-state index in [1.807, 2.05) is 97.7 Å². The maximum Gasteiger partial charge on any atom is 0.197 e. The van der Waals surface area contributed by atoms with Crippen LogP contribution >= 0.6 is 7.51 Å². The zero-order valence-electron chi connectivity index (χ0n) is 17.4. The summed E-state index contributed by atoms with van der Waals surface area (Å²) >= 11 is 0. The maximum absolute atomic E-state index is 6.01. The number of hydrogen-bond acceptors (Lipinski definition) is 3. The minimum absolute atomic E-state index is 0.398. The van der Waals surface area contributed by atoms with E-state index in [0.717, 1.165) is 22.6 Å². The number of benzene rings is 2. The van der Waals surface area contributed by atoms with Crippen molar-refractivity contribution in [1.82, 2.24) is 14.0 Å². The van der Waals surface area contributed by atoms with Crippen molar-refractivity contribution in [3.8, 4) is 11.5 Å². The fourth-order valence-corrected chi connectivity index (χ4v) is 5.81. The van der Waals surface area contributed by atoms with Crippen molar-refractivity contribution in [3.63, 3.8) is 0 Å². The molecule has 0 aromatic heterocycles. The number of para-hydroxylation sites is 1. The van der Waals surface area contributed by atoms with Gasteiger partial charge in [0.25, 0.3) is 0 Å². The van der Waals surface area contributed by atoms with Crippen molar-refractivity contribution in [2.75, 3.05) is 42.3 Å². The average molecular weight is 390 g/mol. The third-order valence-electron chi connectivity index (χ3n) is 4.36. The minimum Gasteiger partial charge on any atom is -0.457 e. The van der Waals surface area contributed by atoms with Crippen molar-refractivity contribution in [3.05, 3.63) is 59.7 Å². The van der Waals surface area contributed by atoms with Gasteiger partial charge in [-0.25, -0.2) is 4.84 Å². The Morgan fingerprint density at radius 3 is 1.96 bits per heavy atom. The van der Waals surface area contributed by atoms with Gasteiger partial charge in [0.05, 0.1) is 0 Å². The third-order valence-corrected chi connectivity index (χ3v) is 7.92. The van der Waals surface area contributed by atoms with Crippen LogP contribution in [0.25, 0.3) is 0 Å². The number of rotatable bonds is 8. The first kappa shape index (κ1) is 21.6. The summed E-state index contributed by atoms with van der Waals surface area (Å²) in [5.74, 6) is 1.65. The first-order valence-electron chi connectivity index (χ1n) is 8.87. The molecule has 0 fully saturated rings. The Kier molecular flexibility index (Phi) is 7.59. The highest BCUT2D eigenvalue weighted by Gasteiger charge is 2.29. The van der Waals surface area contributed by atoms with Gasteiger partial charge in [-0.05, 0) is 78.5 Å². The van der Waals surface area contributed by atoms with Crippen molar-refractivity contribution in [2.45, 2.75) is 13.5 Å². The molecule has 0 radical (unpaired) electrons. The Labute approximate surface area is 163 Å². The molecule has 27 heavy (non-hydrogen) atoms. The standard InChI is InChI=1S/C20H31N4O2P/c1-17-18(12-11-15-20(17)26-19-13-9-8-10-14-19)16-25-21-27(22(2)3,23(4)5)24(6)7/h8-15H,16H2,1-7H3. The van der Waals surface area contributed by atoms with E-state index < -0.39 is 7.51 Å². The molecule has 0 heterocycles. The Morgan fingerprint density at radius 2 is 1.41 bits per heavy atom. The molecule has 7 heteroatoms. The fraction of sp³-hybridized carbons (Fsp3) is 0.400. The predicted octanol–water partition coefficient (Wildman–Crippen LogP) is 4.85. The normalized spacial score (nSPS) is 12.1. The molecule has 0 amide bonds. The summed E-state index contributed by atoms with van der Waals surface area (Å²) in [6.07, 6.45) is 0. The second kappa shape index (κ2) is 9.49. The average Bonchev–Trinajstić information content (AvgIpc) is 2.61. The third kappa shape index (κ3) is 4.98. The summed E-state index contributed by atoms with van der Waals surface area (Å²) < 4.78 is 12.4. The van der Waals surface area contributed by atoms with Crippen LogP contribution in [0, 0.1) is 6.92 Å². The van der Waals surface area contributed by atoms with E-state index in [-0.39, 0.29) is 0 Å². The lowest BCUT2D eigenvalue weighted by molar-refractivity contribution is 0.127. The van der Waals surface area contributed by atoms with Crippen molar-refractivity contribution in [2.24, 2.45) is 4.91 Å². The lowest BCUT2D eigenvalue weighted by atomic mass is 10.1. The highest BCUT2D eigenvalue weighted by Crippen LogP contribution is 2.54. The molecule has 0 N–H and O–H groups in total. The summed E-state index contributed by atoms with van der Waals surface area (Å²) in [5.41, 5.74) is 2.11. The first-order chi connectivity index (χ1) is 12.8. The van der Waals surface area contributed by atoms with Gasteiger partial charge >= 0.3 is 0 Å². The zero-order valence-corrected chi connectivity index (χ0v) is 18.3. The van der Waals surface area contributed by atoms with Crippen LogP contribution < -0.4 is 4.74 Å². The van der Waals surface area contributed by atoms with Gasteiger partial charge in [-0.1, -0.05) is 30.3 Å². The van der Waals surface area contributed by atoms with Gasteiger partial charge in [-0.3, -0.25) is 14.0 Å². The quantitative estimate of drug-likeness (QED) is 0.476. The molecule has 2 rings (SSSR count). The van der Waals surface area contributed by atoms with Gasteiger partial charge in [0.1, 0.15) is 18.1 Å². The second-order valence-corrected chi connectivity index (χ2v) is 10.5. The van der Waals surface area contributed by atoms with E-state index in [0.29, 0.717) is 6.61 Å². The summed E-state index contributed by atoms with van der Waals surface area (Å²) in [4.78, 5) is 10.5. The summed E-state index contributed by atoms with van der Waals surface area (Å²) in [6.45, 7) is 2.44. The van der Waals surface area contributed by atoms with Crippen LogP contribution in [0.5, 0.6) is 11.5 Å². The lowest BCUT2D eigenvalue weighted by Crippen LogP contribution is -2.30. The summed E-state index contributed by atoms with van der Waals surface area (Å²) in [6, 6.07) is 15.8. The van der Waals surface area contributed by atoms with E-state index in [4.69, 9.17) is 9.57 Å². The second-order valence-electron chi connectivity index (χ2n) is 6.89. The smallest absolute Gasteiger partial charge is 0.197 e. The van der Waals surface area contributed by atoms with Crippen LogP contribution in [0.4, 0.5) is 0 Å². The van der Waals surface area contributed by atoms with Crippen LogP contribution in [-0.4, -0.2) is 56.3 Å². The Hall–Kier alpha value is -1.69. The topological polar surface area (TPSA) is 40.5 Å². The van der Waals surface area contributed by atoms with Crippen LogP contribution in [0.3, 0.4) is 0 Å². The Balaban J connectivity index is 2.21. The number of ether oxygens (including phenoxy) is 1. The van der Waals surface area contributed by atoms with Crippen molar-refractivity contribution < 1.29 is 9.57 Å². The van der Waals surface area contributed by atoms with Crippen LogP contribution in [-0.2, 0) is 11.4 Å². The van der Waals surface area contributed by atoms with Crippen molar-refractivity contribution >= 4 is 7.51 Å². The van der Waals surface area contributed by atoms with Gasteiger partial charge in [-0.15, -0.1) is 4.91 Å². The highest BCUT2D eigenvalue weighted by atomic mass is 31.2. The minimum atomic E-state index is -2.06. The summed E-state index contributed by atoms with van der Waals surface area (Å²) in [7, 11) is 10.1. The zero-order chi connectivity index (χ0) is 20.0. The van der Waals surface area contributed by atoms with Gasteiger partial charge in [0.15, 0.2) is 7.51 Å². The van der Waals surface area contributed by atoms with Gasteiger partial charge < -0.3 is 4.74 Å². The van der Waals surface area contributed by atoms with Crippen LogP contribution in [0.15, 0.2) is 53.4 Å². The van der Waals surface area contributed by atoms with E-state index >= 15 is 0 Å². The molecule has 6 nitrogen and oxygen atoms in total. The van der Waals surface area contributed by atoms with E-state index in [9.17, 15) is 0 Å². The van der Waals surface area contributed by atoms with Crippen LogP contribution in [0.2, 0.25) is 0 Å². The SMILES string of the molecule is Cc1c(CON=P(N(C)C)(N(C)C)N(C)C)cccc1Oc1ccccc1. The molecule has 0 bridgehead atoms. The van der Waals surface area contributed by atoms with Crippen molar-refractivity contribution in [1.29, 1.82) is 0 Å². The number of nitrogens with zero attached hydrogens (tertiary/aromatic N) is 4. The molecule has 0 saturated heterocycles. The molecule has 2 aromatic carbocycles. The van der Waals surface area contributed by atoms with Gasteiger partial charge in [0.2, 0.25) is 0 Å². The van der Waals surface area contributed by atoms with E-state index in [2.05, 4.69) is 18.9 Å². The highest BCUT2D eigenvalue weighted by molar-refractivity contribution is 7.58. The number of hydrogen-bond donors (Lipinski definition) is 0. The molecule has 0 aliphatic rings.